The summed E-state index contributed by atoms with van der Waals surface area (Å²) < 4.78 is 2.99. The number of nitrogens with one attached hydrogen (secondary N) is 1. The first-order valence-electron chi connectivity index (χ1n) is 5.86. The second-order valence-corrected chi connectivity index (χ2v) is 5.70. The molecule has 0 saturated heterocycles. The summed E-state index contributed by atoms with van der Waals surface area (Å²) in [6, 6.07) is 6.26. The molecule has 0 bridgehead atoms. The molecular weight excluding hydrogens is 260 g/mol. The highest BCUT2D eigenvalue weighted by Crippen LogP contribution is 2.22. The fourth-order valence-electron chi connectivity index (χ4n) is 2.27. The van der Waals surface area contributed by atoms with Crippen LogP contribution < -0.4 is 0 Å². The van der Waals surface area contributed by atoms with Crippen molar-refractivity contribution in [1.29, 1.82) is 0 Å². The third-order valence-corrected chi connectivity index (χ3v) is 4.52. The minimum Gasteiger partial charge on any atom is -0.331 e. The number of imidazole rings is 1. The van der Waals surface area contributed by atoms with Crippen molar-refractivity contribution in [2.75, 3.05) is 0 Å². The largest absolute Gasteiger partial charge is 0.331 e. The van der Waals surface area contributed by atoms with Gasteiger partial charge in [0, 0.05) is 0 Å². The van der Waals surface area contributed by atoms with Crippen LogP contribution in [0, 0.1) is 18.6 Å². The lowest BCUT2D eigenvalue weighted by molar-refractivity contribution is 0.806. The Bertz CT molecular complexity index is 762. The van der Waals surface area contributed by atoms with Gasteiger partial charge < -0.3 is 9.55 Å². The van der Waals surface area contributed by atoms with Gasteiger partial charge in [0.2, 0.25) is 0 Å². The van der Waals surface area contributed by atoms with Gasteiger partial charge in [-0.2, -0.15) is 11.3 Å². The van der Waals surface area contributed by atoms with Crippen LogP contribution in [0.15, 0.2) is 29.0 Å². The quantitative estimate of drug-likeness (QED) is 0.686. The SMILES string of the molecule is Cc1cscc1Cn1c(=S)[nH]c2cccc(C)c21. The van der Waals surface area contributed by atoms with Crippen molar-refractivity contribution in [1.82, 2.24) is 9.55 Å². The van der Waals surface area contributed by atoms with Gasteiger partial charge in [-0.3, -0.25) is 0 Å². The second kappa shape index (κ2) is 4.37. The molecule has 0 fully saturated rings. The van der Waals surface area contributed by atoms with Crippen LogP contribution in [0.1, 0.15) is 16.7 Å². The van der Waals surface area contributed by atoms with E-state index in [1.807, 2.05) is 0 Å². The number of aryl methyl sites for hydroxylation is 2. The minimum atomic E-state index is 0.796. The lowest BCUT2D eigenvalue weighted by atomic mass is 10.2. The molecule has 2 nitrogen and oxygen atoms in total. The van der Waals surface area contributed by atoms with Crippen LogP contribution in [0.2, 0.25) is 0 Å². The molecular formula is C14H14N2S2. The van der Waals surface area contributed by atoms with Crippen LogP contribution in [0.5, 0.6) is 0 Å². The maximum absolute atomic E-state index is 5.44. The number of benzene rings is 1. The van der Waals surface area contributed by atoms with Crippen molar-refractivity contribution in [3.05, 3.63) is 50.4 Å². The summed E-state index contributed by atoms with van der Waals surface area (Å²) in [5.41, 5.74) is 6.28. The second-order valence-electron chi connectivity index (χ2n) is 4.57. The summed E-state index contributed by atoms with van der Waals surface area (Å²) >= 11 is 7.19. The molecule has 0 amide bonds. The van der Waals surface area contributed by atoms with E-state index >= 15 is 0 Å². The molecule has 3 rings (SSSR count). The van der Waals surface area contributed by atoms with Crippen molar-refractivity contribution < 1.29 is 0 Å². The first-order valence-corrected chi connectivity index (χ1v) is 7.21. The van der Waals surface area contributed by atoms with Crippen molar-refractivity contribution in [3.63, 3.8) is 0 Å². The Morgan fingerprint density at radius 1 is 1.22 bits per heavy atom. The highest BCUT2D eigenvalue weighted by Gasteiger charge is 2.08. The first kappa shape index (κ1) is 11.7. The van der Waals surface area contributed by atoms with Crippen LogP contribution in [0.25, 0.3) is 11.0 Å². The molecule has 92 valence electrons. The lowest BCUT2D eigenvalue weighted by Gasteiger charge is -2.06. The Kier molecular flexibility index (Phi) is 2.84. The number of nitrogens with zero attached hydrogens (tertiary/aromatic N) is 1. The zero-order valence-electron chi connectivity index (χ0n) is 10.4. The topological polar surface area (TPSA) is 20.7 Å². The van der Waals surface area contributed by atoms with Gasteiger partial charge in [-0.1, -0.05) is 12.1 Å². The standard InChI is InChI=1S/C14H14N2S2/c1-9-4-3-5-12-13(9)16(14(17)15-12)6-11-8-18-7-10(11)2/h3-5,7-8H,6H2,1-2H3,(H,15,17). The molecule has 1 aromatic carbocycles. The Labute approximate surface area is 115 Å². The van der Waals surface area contributed by atoms with E-state index in [0.29, 0.717) is 0 Å². The first-order chi connectivity index (χ1) is 8.66. The zero-order chi connectivity index (χ0) is 12.7. The van der Waals surface area contributed by atoms with E-state index < -0.39 is 0 Å². The highest BCUT2D eigenvalue weighted by atomic mass is 32.1. The van der Waals surface area contributed by atoms with Crippen molar-refractivity contribution in [2.45, 2.75) is 20.4 Å². The predicted octanol–water partition coefficient (Wildman–Crippen LogP) is 4.43. The summed E-state index contributed by atoms with van der Waals surface area (Å²) in [6.45, 7) is 5.12. The van der Waals surface area contributed by atoms with Gasteiger partial charge in [0.25, 0.3) is 0 Å². The Balaban J connectivity index is 2.20. The summed E-state index contributed by atoms with van der Waals surface area (Å²) in [6.07, 6.45) is 0. The van der Waals surface area contributed by atoms with E-state index in [2.05, 4.69) is 52.4 Å². The summed E-state index contributed by atoms with van der Waals surface area (Å²) in [5.74, 6) is 0. The molecule has 0 aliphatic carbocycles. The molecule has 0 aliphatic heterocycles. The summed E-state index contributed by atoms with van der Waals surface area (Å²) in [4.78, 5) is 3.28. The Morgan fingerprint density at radius 3 is 2.78 bits per heavy atom. The molecule has 0 aliphatic rings. The molecule has 0 spiro atoms. The van der Waals surface area contributed by atoms with Crippen LogP contribution >= 0.6 is 23.6 Å². The molecule has 18 heavy (non-hydrogen) atoms. The number of rotatable bonds is 2. The number of thiophene rings is 1. The Hall–Kier alpha value is -1.39. The summed E-state index contributed by atoms with van der Waals surface area (Å²) in [5, 5.41) is 4.38. The van der Waals surface area contributed by atoms with Crippen molar-refractivity contribution in [3.8, 4) is 0 Å². The predicted molar refractivity (Wildman–Crippen MR) is 80.0 cm³/mol. The molecule has 0 atom stereocenters. The molecule has 3 aromatic rings. The molecule has 2 heterocycles. The van der Waals surface area contributed by atoms with Gasteiger partial charge in [-0.15, -0.1) is 0 Å². The van der Waals surface area contributed by atoms with Crippen molar-refractivity contribution in [2.24, 2.45) is 0 Å². The summed E-state index contributed by atoms with van der Waals surface area (Å²) in [7, 11) is 0. The number of hydrogen-bond acceptors (Lipinski definition) is 2. The van der Waals surface area contributed by atoms with E-state index in [4.69, 9.17) is 12.2 Å². The zero-order valence-corrected chi connectivity index (χ0v) is 12.0. The number of para-hydroxylation sites is 1. The van der Waals surface area contributed by atoms with Crippen LogP contribution in [0.3, 0.4) is 0 Å². The average Bonchev–Trinajstić information content (AvgIpc) is 2.86. The normalized spacial score (nSPS) is 11.2. The fourth-order valence-corrected chi connectivity index (χ4v) is 3.39. The molecule has 0 unspecified atom stereocenters. The fraction of sp³-hybridized carbons (Fsp3) is 0.214. The number of fused-ring (bicyclic) bond motifs is 1. The van der Waals surface area contributed by atoms with E-state index in [-0.39, 0.29) is 0 Å². The minimum absolute atomic E-state index is 0.796. The van der Waals surface area contributed by atoms with E-state index in [1.165, 1.54) is 22.2 Å². The van der Waals surface area contributed by atoms with E-state index in [0.717, 1.165) is 16.8 Å². The third-order valence-electron chi connectivity index (χ3n) is 3.28. The van der Waals surface area contributed by atoms with Crippen LogP contribution in [-0.4, -0.2) is 9.55 Å². The maximum Gasteiger partial charge on any atom is 0.178 e. The third kappa shape index (κ3) is 1.82. The molecule has 0 saturated carbocycles. The number of hydrogen-bond donors (Lipinski definition) is 1. The van der Waals surface area contributed by atoms with Gasteiger partial charge in [0.15, 0.2) is 4.77 Å². The maximum atomic E-state index is 5.44. The monoisotopic (exact) mass is 274 g/mol. The molecule has 1 N–H and O–H groups in total. The molecule has 0 radical (unpaired) electrons. The lowest BCUT2D eigenvalue weighted by Crippen LogP contribution is -2.00. The van der Waals surface area contributed by atoms with Gasteiger partial charge in [-0.05, 0) is 59.6 Å². The number of H-pyrrole nitrogens is 1. The van der Waals surface area contributed by atoms with Gasteiger partial charge in [0.1, 0.15) is 0 Å². The van der Waals surface area contributed by atoms with Crippen molar-refractivity contribution >= 4 is 34.6 Å². The van der Waals surface area contributed by atoms with Crippen LogP contribution in [-0.2, 0) is 6.54 Å². The smallest absolute Gasteiger partial charge is 0.178 e. The van der Waals surface area contributed by atoms with E-state index in [9.17, 15) is 0 Å². The number of aromatic nitrogens is 2. The number of aromatic amines is 1. The average molecular weight is 274 g/mol. The van der Waals surface area contributed by atoms with E-state index in [1.54, 1.807) is 11.3 Å². The molecule has 2 aromatic heterocycles. The molecule has 4 heteroatoms. The highest BCUT2D eigenvalue weighted by molar-refractivity contribution is 7.71. The van der Waals surface area contributed by atoms with Gasteiger partial charge >= 0.3 is 0 Å². The van der Waals surface area contributed by atoms with Gasteiger partial charge in [-0.25, -0.2) is 0 Å². The van der Waals surface area contributed by atoms with Crippen LogP contribution in [0.4, 0.5) is 0 Å². The Morgan fingerprint density at radius 2 is 2.06 bits per heavy atom. The van der Waals surface area contributed by atoms with Gasteiger partial charge in [0.05, 0.1) is 17.6 Å².